The van der Waals surface area contributed by atoms with E-state index in [2.05, 4.69) is 13.8 Å². The third-order valence-electron chi connectivity index (χ3n) is 4.18. The van der Waals surface area contributed by atoms with E-state index in [-0.39, 0.29) is 12.6 Å². The zero-order valence-corrected chi connectivity index (χ0v) is 16.1. The van der Waals surface area contributed by atoms with Crippen molar-refractivity contribution in [2.75, 3.05) is 19.8 Å². The van der Waals surface area contributed by atoms with Gasteiger partial charge in [-0.2, -0.15) is 0 Å². The Bertz CT molecular complexity index is 268. The van der Waals surface area contributed by atoms with E-state index in [1.165, 1.54) is 57.8 Å². The van der Waals surface area contributed by atoms with Crippen LogP contribution in [0.15, 0.2) is 0 Å². The third kappa shape index (κ3) is 16.3. The smallest absolute Gasteiger partial charge is 0.306 e. The number of esters is 1. The Morgan fingerprint density at radius 1 is 0.833 bits per heavy atom. The molecule has 0 spiro atoms. The number of aliphatic hydroxyl groups excluding tert-OH is 1. The van der Waals surface area contributed by atoms with Crippen molar-refractivity contribution < 1.29 is 19.4 Å². The van der Waals surface area contributed by atoms with Crippen molar-refractivity contribution in [3.05, 3.63) is 0 Å². The first-order valence-corrected chi connectivity index (χ1v) is 10.1. The maximum atomic E-state index is 11.7. The van der Waals surface area contributed by atoms with Crippen molar-refractivity contribution in [3.8, 4) is 0 Å². The lowest BCUT2D eigenvalue weighted by molar-refractivity contribution is -0.154. The van der Waals surface area contributed by atoms with E-state index < -0.39 is 6.10 Å². The van der Waals surface area contributed by atoms with Crippen LogP contribution < -0.4 is 0 Å². The highest BCUT2D eigenvalue weighted by Gasteiger charge is 2.13. The zero-order chi connectivity index (χ0) is 17.9. The maximum absolute atomic E-state index is 11.7. The highest BCUT2D eigenvalue weighted by molar-refractivity contribution is 5.69. The largest absolute Gasteiger partial charge is 0.457 e. The lowest BCUT2D eigenvalue weighted by atomic mass is 10.1. The fraction of sp³-hybridized carbons (Fsp3) is 0.950. The number of hydrogen-bond acceptors (Lipinski definition) is 4. The molecule has 0 aromatic rings. The molecule has 0 bridgehead atoms. The van der Waals surface area contributed by atoms with Crippen molar-refractivity contribution in [2.45, 2.75) is 103 Å². The second kappa shape index (κ2) is 18.7. The molecule has 0 saturated heterocycles. The highest BCUT2D eigenvalue weighted by atomic mass is 16.6. The average Bonchev–Trinajstić information content (AvgIpc) is 2.59. The van der Waals surface area contributed by atoms with E-state index in [9.17, 15) is 9.90 Å². The molecule has 0 saturated carbocycles. The normalized spacial score (nSPS) is 12.3. The molecular formula is C20H40O4. The molecule has 0 amide bonds. The van der Waals surface area contributed by atoms with Gasteiger partial charge in [-0.3, -0.25) is 4.79 Å². The number of rotatable bonds is 18. The second-order valence-electron chi connectivity index (χ2n) is 6.65. The summed E-state index contributed by atoms with van der Waals surface area (Å²) < 4.78 is 10.8. The van der Waals surface area contributed by atoms with Gasteiger partial charge in [-0.05, 0) is 12.8 Å². The van der Waals surface area contributed by atoms with E-state index in [4.69, 9.17) is 9.47 Å². The number of unbranched alkanes of at least 4 members (excludes halogenated alkanes) is 10. The zero-order valence-electron chi connectivity index (χ0n) is 16.1. The van der Waals surface area contributed by atoms with E-state index in [1.807, 2.05) is 0 Å². The molecular weight excluding hydrogens is 304 g/mol. The van der Waals surface area contributed by atoms with E-state index in [0.717, 1.165) is 19.3 Å². The van der Waals surface area contributed by atoms with E-state index in [0.29, 0.717) is 19.6 Å². The molecule has 1 unspecified atom stereocenters. The molecule has 0 aromatic heterocycles. The summed E-state index contributed by atoms with van der Waals surface area (Å²) >= 11 is 0. The number of carbonyl (C=O) groups excluding carboxylic acids is 1. The van der Waals surface area contributed by atoms with Crippen molar-refractivity contribution >= 4 is 5.97 Å². The van der Waals surface area contributed by atoms with Crippen molar-refractivity contribution in [1.82, 2.24) is 0 Å². The fourth-order valence-corrected chi connectivity index (χ4v) is 2.62. The predicted octanol–water partition coefficient (Wildman–Crippen LogP) is 5.02. The SMILES string of the molecule is CCCCCCCCCOCC(CO)OC(=O)CCCCCCC. The van der Waals surface area contributed by atoms with Crippen LogP contribution in [0.3, 0.4) is 0 Å². The van der Waals surface area contributed by atoms with Gasteiger partial charge in [0.1, 0.15) is 6.10 Å². The van der Waals surface area contributed by atoms with E-state index in [1.54, 1.807) is 0 Å². The van der Waals surface area contributed by atoms with Gasteiger partial charge >= 0.3 is 5.97 Å². The van der Waals surface area contributed by atoms with Crippen LogP contribution in [0.1, 0.15) is 97.3 Å². The molecule has 0 aromatic carbocycles. The van der Waals surface area contributed by atoms with Crippen LogP contribution in [-0.2, 0) is 14.3 Å². The summed E-state index contributed by atoms with van der Waals surface area (Å²) in [7, 11) is 0. The molecule has 4 heteroatoms. The van der Waals surface area contributed by atoms with Gasteiger partial charge in [-0.15, -0.1) is 0 Å². The number of aliphatic hydroxyl groups is 1. The molecule has 0 fully saturated rings. The van der Waals surface area contributed by atoms with Crippen LogP contribution in [0.2, 0.25) is 0 Å². The molecule has 0 rings (SSSR count). The minimum absolute atomic E-state index is 0.168. The Labute approximate surface area is 149 Å². The summed E-state index contributed by atoms with van der Waals surface area (Å²) in [5.41, 5.74) is 0. The highest BCUT2D eigenvalue weighted by Crippen LogP contribution is 2.08. The number of hydrogen-bond donors (Lipinski definition) is 1. The Morgan fingerprint density at radius 2 is 1.38 bits per heavy atom. The van der Waals surface area contributed by atoms with Crippen molar-refractivity contribution in [2.24, 2.45) is 0 Å². The first-order valence-electron chi connectivity index (χ1n) is 10.1. The minimum Gasteiger partial charge on any atom is -0.457 e. The molecule has 0 aliphatic carbocycles. The molecule has 0 aliphatic rings. The molecule has 144 valence electrons. The van der Waals surface area contributed by atoms with Crippen LogP contribution in [-0.4, -0.2) is 37.0 Å². The summed E-state index contributed by atoms with van der Waals surface area (Å²) in [5, 5.41) is 9.28. The monoisotopic (exact) mass is 344 g/mol. The lowest BCUT2D eigenvalue weighted by Crippen LogP contribution is -2.27. The maximum Gasteiger partial charge on any atom is 0.306 e. The molecule has 0 heterocycles. The Kier molecular flexibility index (Phi) is 18.2. The Hall–Kier alpha value is -0.610. The van der Waals surface area contributed by atoms with Crippen LogP contribution in [0.25, 0.3) is 0 Å². The summed E-state index contributed by atoms with van der Waals surface area (Å²) in [6.45, 7) is 5.21. The summed E-state index contributed by atoms with van der Waals surface area (Å²) in [4.78, 5) is 11.7. The predicted molar refractivity (Wildman–Crippen MR) is 99.2 cm³/mol. The van der Waals surface area contributed by atoms with Crippen molar-refractivity contribution in [3.63, 3.8) is 0 Å². The molecule has 4 nitrogen and oxygen atoms in total. The van der Waals surface area contributed by atoms with E-state index >= 15 is 0 Å². The molecule has 1 atom stereocenters. The number of ether oxygens (including phenoxy) is 2. The standard InChI is InChI=1S/C20H40O4/c1-3-5-7-9-10-12-14-16-23-18-19(17-21)24-20(22)15-13-11-8-6-4-2/h19,21H,3-18H2,1-2H3. The van der Waals surface area contributed by atoms with Gasteiger partial charge in [-0.25, -0.2) is 0 Å². The first-order chi connectivity index (χ1) is 11.7. The average molecular weight is 345 g/mol. The summed E-state index contributed by atoms with van der Waals surface area (Å²) in [6.07, 6.45) is 14.2. The fourth-order valence-electron chi connectivity index (χ4n) is 2.62. The minimum atomic E-state index is -0.516. The van der Waals surface area contributed by atoms with Gasteiger partial charge in [-0.1, -0.05) is 78.1 Å². The molecule has 0 radical (unpaired) electrons. The van der Waals surface area contributed by atoms with Gasteiger partial charge in [0.25, 0.3) is 0 Å². The van der Waals surface area contributed by atoms with Crippen molar-refractivity contribution in [1.29, 1.82) is 0 Å². The molecule has 0 aliphatic heterocycles. The van der Waals surface area contributed by atoms with Gasteiger partial charge in [0.05, 0.1) is 13.2 Å². The summed E-state index contributed by atoms with van der Waals surface area (Å²) in [5.74, 6) is -0.218. The molecule has 1 N–H and O–H groups in total. The topological polar surface area (TPSA) is 55.8 Å². The van der Waals surface area contributed by atoms with Gasteiger partial charge in [0, 0.05) is 13.0 Å². The van der Waals surface area contributed by atoms with Crippen LogP contribution in [0, 0.1) is 0 Å². The van der Waals surface area contributed by atoms with Gasteiger partial charge < -0.3 is 14.6 Å². The third-order valence-corrected chi connectivity index (χ3v) is 4.18. The molecule has 24 heavy (non-hydrogen) atoms. The van der Waals surface area contributed by atoms with Gasteiger partial charge in [0.2, 0.25) is 0 Å². The lowest BCUT2D eigenvalue weighted by Gasteiger charge is -2.15. The number of carbonyl (C=O) groups is 1. The van der Waals surface area contributed by atoms with Crippen LogP contribution >= 0.6 is 0 Å². The van der Waals surface area contributed by atoms with Gasteiger partial charge in [0.15, 0.2) is 0 Å². The first kappa shape index (κ1) is 23.4. The summed E-state index contributed by atoms with van der Waals surface area (Å²) in [6, 6.07) is 0. The van der Waals surface area contributed by atoms with Crippen LogP contribution in [0.4, 0.5) is 0 Å². The Balaban J connectivity index is 3.49. The second-order valence-corrected chi connectivity index (χ2v) is 6.65. The Morgan fingerprint density at radius 3 is 1.96 bits per heavy atom. The quantitative estimate of drug-likeness (QED) is 0.280. The van der Waals surface area contributed by atoms with Crippen LogP contribution in [0.5, 0.6) is 0 Å².